The van der Waals surface area contributed by atoms with Crippen molar-refractivity contribution in [2.45, 2.75) is 32.6 Å². The summed E-state index contributed by atoms with van der Waals surface area (Å²) >= 11 is 0. The maximum absolute atomic E-state index is 11.1. The molecule has 0 fully saturated rings. The van der Waals surface area contributed by atoms with Gasteiger partial charge < -0.3 is 4.79 Å². The zero-order chi connectivity index (χ0) is 10.4. The minimum atomic E-state index is 0.0752. The third kappa shape index (κ3) is 2.44. The molecule has 1 aromatic rings. The zero-order valence-corrected chi connectivity index (χ0v) is 8.94. The van der Waals surface area contributed by atoms with Crippen LogP contribution in [0.4, 0.5) is 0 Å². The van der Waals surface area contributed by atoms with Crippen molar-refractivity contribution in [1.29, 1.82) is 0 Å². The molecular weight excluding hydrogens is 172 g/mol. The van der Waals surface area contributed by atoms with Gasteiger partial charge in [-0.25, -0.2) is 0 Å². The smallest absolute Gasteiger partial charge is 0.127 e. The lowest BCUT2D eigenvalue weighted by Gasteiger charge is -2.20. The second-order valence-corrected chi connectivity index (χ2v) is 3.65. The topological polar surface area (TPSA) is 17.1 Å². The van der Waals surface area contributed by atoms with Gasteiger partial charge >= 0.3 is 0 Å². The third-order valence-electron chi connectivity index (χ3n) is 2.89. The maximum atomic E-state index is 11.1. The van der Waals surface area contributed by atoms with E-state index in [1.807, 2.05) is 30.3 Å². The van der Waals surface area contributed by atoms with Gasteiger partial charge in [-0.15, -0.1) is 0 Å². The van der Waals surface area contributed by atoms with Crippen molar-refractivity contribution in [3.05, 3.63) is 35.9 Å². The van der Waals surface area contributed by atoms with Gasteiger partial charge in [0.05, 0.1) is 0 Å². The molecule has 14 heavy (non-hydrogen) atoms. The Bertz CT molecular complexity index is 262. The molecule has 0 spiro atoms. The molecule has 0 aromatic heterocycles. The number of aldehydes is 1. The highest BCUT2D eigenvalue weighted by molar-refractivity contribution is 5.62. The summed E-state index contributed by atoms with van der Waals surface area (Å²) in [6, 6.07) is 10.1. The summed E-state index contributed by atoms with van der Waals surface area (Å²) < 4.78 is 0. The van der Waals surface area contributed by atoms with E-state index >= 15 is 0 Å². The molecule has 1 rings (SSSR count). The summed E-state index contributed by atoms with van der Waals surface area (Å²) in [5.74, 6) is 0.557. The fourth-order valence-electron chi connectivity index (χ4n) is 1.93. The SMILES string of the molecule is CCC(CC)[C@@H](C=O)c1ccccc1. The van der Waals surface area contributed by atoms with Crippen LogP contribution in [0.5, 0.6) is 0 Å². The molecule has 0 radical (unpaired) electrons. The molecule has 1 aromatic carbocycles. The van der Waals surface area contributed by atoms with Crippen molar-refractivity contribution in [3.8, 4) is 0 Å². The van der Waals surface area contributed by atoms with Gasteiger partial charge in [-0.1, -0.05) is 57.0 Å². The third-order valence-corrected chi connectivity index (χ3v) is 2.89. The van der Waals surface area contributed by atoms with Gasteiger partial charge in [-0.2, -0.15) is 0 Å². The van der Waals surface area contributed by atoms with Gasteiger partial charge in [0.2, 0.25) is 0 Å². The molecule has 76 valence electrons. The van der Waals surface area contributed by atoms with Crippen LogP contribution < -0.4 is 0 Å². The number of benzene rings is 1. The molecule has 1 atom stereocenters. The summed E-state index contributed by atoms with van der Waals surface area (Å²) in [6.45, 7) is 4.29. The first-order valence-electron chi connectivity index (χ1n) is 5.33. The summed E-state index contributed by atoms with van der Waals surface area (Å²) in [4.78, 5) is 11.1. The van der Waals surface area contributed by atoms with E-state index < -0.39 is 0 Å². The van der Waals surface area contributed by atoms with Crippen LogP contribution in [0.15, 0.2) is 30.3 Å². The average molecular weight is 190 g/mol. The van der Waals surface area contributed by atoms with Crippen molar-refractivity contribution in [2.24, 2.45) is 5.92 Å². The number of rotatable bonds is 5. The largest absolute Gasteiger partial charge is 0.303 e. The van der Waals surface area contributed by atoms with Crippen LogP contribution in [-0.4, -0.2) is 6.29 Å². The lowest BCUT2D eigenvalue weighted by Crippen LogP contribution is -2.12. The number of carbonyl (C=O) groups excluding carboxylic acids is 1. The molecule has 0 aliphatic heterocycles. The van der Waals surface area contributed by atoms with E-state index in [2.05, 4.69) is 13.8 Å². The van der Waals surface area contributed by atoms with Crippen molar-refractivity contribution >= 4 is 6.29 Å². The van der Waals surface area contributed by atoms with Crippen LogP contribution in [-0.2, 0) is 4.79 Å². The van der Waals surface area contributed by atoms with Crippen LogP contribution in [0.2, 0.25) is 0 Å². The van der Waals surface area contributed by atoms with E-state index in [-0.39, 0.29) is 5.92 Å². The molecule has 0 saturated heterocycles. The standard InChI is InChI=1S/C13H18O/c1-3-11(4-2)13(10-14)12-8-6-5-7-9-12/h5-11,13H,3-4H2,1-2H3/t13-/m1/s1. The molecule has 0 amide bonds. The first-order valence-corrected chi connectivity index (χ1v) is 5.33. The van der Waals surface area contributed by atoms with Gasteiger partial charge in [0, 0.05) is 5.92 Å². The van der Waals surface area contributed by atoms with Crippen LogP contribution in [0.1, 0.15) is 38.2 Å². The predicted molar refractivity (Wildman–Crippen MR) is 59.3 cm³/mol. The van der Waals surface area contributed by atoms with Gasteiger partial charge in [-0.3, -0.25) is 0 Å². The zero-order valence-electron chi connectivity index (χ0n) is 8.94. The van der Waals surface area contributed by atoms with Crippen molar-refractivity contribution in [1.82, 2.24) is 0 Å². The quantitative estimate of drug-likeness (QED) is 0.650. The summed E-state index contributed by atoms with van der Waals surface area (Å²) in [6.07, 6.45) is 3.22. The molecule has 0 unspecified atom stereocenters. The van der Waals surface area contributed by atoms with E-state index in [1.165, 1.54) is 0 Å². The number of hydrogen-bond acceptors (Lipinski definition) is 1. The molecule has 0 N–H and O–H groups in total. The number of hydrogen-bond donors (Lipinski definition) is 0. The van der Waals surface area contributed by atoms with Crippen molar-refractivity contribution in [3.63, 3.8) is 0 Å². The van der Waals surface area contributed by atoms with Gasteiger partial charge in [0.15, 0.2) is 0 Å². The highest BCUT2D eigenvalue weighted by Gasteiger charge is 2.18. The van der Waals surface area contributed by atoms with Crippen molar-refractivity contribution in [2.75, 3.05) is 0 Å². The molecule has 0 aliphatic carbocycles. The molecular formula is C13H18O. The van der Waals surface area contributed by atoms with E-state index in [0.29, 0.717) is 5.92 Å². The highest BCUT2D eigenvalue weighted by atomic mass is 16.1. The minimum Gasteiger partial charge on any atom is -0.303 e. The van der Waals surface area contributed by atoms with E-state index in [9.17, 15) is 4.79 Å². The van der Waals surface area contributed by atoms with Gasteiger partial charge in [0.25, 0.3) is 0 Å². The van der Waals surface area contributed by atoms with Gasteiger partial charge in [0.1, 0.15) is 6.29 Å². The lowest BCUT2D eigenvalue weighted by molar-refractivity contribution is -0.110. The maximum Gasteiger partial charge on any atom is 0.127 e. The first-order chi connectivity index (χ1) is 6.83. The Morgan fingerprint density at radius 2 is 1.71 bits per heavy atom. The second kappa shape index (κ2) is 5.58. The Morgan fingerprint density at radius 1 is 1.14 bits per heavy atom. The second-order valence-electron chi connectivity index (χ2n) is 3.65. The summed E-state index contributed by atoms with van der Waals surface area (Å²) in [7, 11) is 0. The Kier molecular flexibility index (Phi) is 4.37. The Labute approximate surface area is 86.1 Å². The lowest BCUT2D eigenvalue weighted by atomic mass is 9.84. The predicted octanol–water partition coefficient (Wildman–Crippen LogP) is 3.41. The molecule has 0 bridgehead atoms. The normalized spacial score (nSPS) is 12.8. The average Bonchev–Trinajstić information content (AvgIpc) is 2.27. The summed E-state index contributed by atoms with van der Waals surface area (Å²) in [5, 5.41) is 0. The van der Waals surface area contributed by atoms with Crippen LogP contribution in [0, 0.1) is 5.92 Å². The molecule has 0 heterocycles. The Morgan fingerprint density at radius 3 is 2.14 bits per heavy atom. The monoisotopic (exact) mass is 190 g/mol. The van der Waals surface area contributed by atoms with Crippen molar-refractivity contribution < 1.29 is 4.79 Å². The van der Waals surface area contributed by atoms with Crippen LogP contribution >= 0.6 is 0 Å². The molecule has 1 nitrogen and oxygen atoms in total. The Hall–Kier alpha value is -1.11. The number of carbonyl (C=O) groups is 1. The van der Waals surface area contributed by atoms with E-state index in [1.54, 1.807) is 0 Å². The van der Waals surface area contributed by atoms with Gasteiger partial charge in [-0.05, 0) is 11.5 Å². The Balaban J connectivity index is 2.86. The van der Waals surface area contributed by atoms with E-state index in [4.69, 9.17) is 0 Å². The summed E-state index contributed by atoms with van der Waals surface area (Å²) in [5.41, 5.74) is 1.15. The fraction of sp³-hybridized carbons (Fsp3) is 0.462. The van der Waals surface area contributed by atoms with Crippen LogP contribution in [0.3, 0.4) is 0 Å². The molecule has 0 aliphatic rings. The molecule has 1 heteroatoms. The minimum absolute atomic E-state index is 0.0752. The fourth-order valence-corrected chi connectivity index (χ4v) is 1.93. The highest BCUT2D eigenvalue weighted by Crippen LogP contribution is 2.27. The van der Waals surface area contributed by atoms with E-state index in [0.717, 1.165) is 24.7 Å². The first kappa shape index (κ1) is 11.0. The van der Waals surface area contributed by atoms with Crippen LogP contribution in [0.25, 0.3) is 0 Å². The molecule has 0 saturated carbocycles.